The fourth-order valence-electron chi connectivity index (χ4n) is 3.98. The molecule has 0 bridgehead atoms. The van der Waals surface area contributed by atoms with Gasteiger partial charge in [-0.05, 0) is 19.1 Å². The van der Waals surface area contributed by atoms with Crippen molar-refractivity contribution in [1.29, 1.82) is 0 Å². The molecule has 0 amide bonds. The number of piperazine rings is 1. The molecule has 1 aliphatic rings. The van der Waals surface area contributed by atoms with E-state index in [2.05, 4.69) is 19.9 Å². The molecule has 34 heavy (non-hydrogen) atoms. The minimum atomic E-state index is -4.45. The van der Waals surface area contributed by atoms with Gasteiger partial charge in [0.15, 0.2) is 0 Å². The predicted octanol–water partition coefficient (Wildman–Crippen LogP) is 2.03. The van der Waals surface area contributed by atoms with Crippen LogP contribution in [-0.4, -0.2) is 55.3 Å². The number of hydrogen-bond donors (Lipinski definition) is 0. The largest absolute Gasteiger partial charge is 0.416 e. The zero-order chi connectivity index (χ0) is 24.6. The molecule has 12 heteroatoms. The van der Waals surface area contributed by atoms with E-state index >= 15 is 0 Å². The molecule has 1 atom stereocenters. The Labute approximate surface area is 193 Å². The molecule has 0 radical (unpaired) electrons. The number of rotatable bonds is 5. The van der Waals surface area contributed by atoms with Crippen molar-refractivity contribution in [2.75, 3.05) is 26.2 Å². The summed E-state index contributed by atoms with van der Waals surface area (Å²) < 4.78 is 46.9. The minimum absolute atomic E-state index is 0.109. The molecule has 1 fully saturated rings. The third-order valence-corrected chi connectivity index (χ3v) is 6.21. The first-order valence-electron chi connectivity index (χ1n) is 10.8. The van der Waals surface area contributed by atoms with Crippen LogP contribution in [0.2, 0.25) is 0 Å². The Kier molecular flexibility index (Phi) is 6.45. The summed E-state index contributed by atoms with van der Waals surface area (Å²) in [7, 11) is 3.09. The van der Waals surface area contributed by atoms with E-state index in [1.807, 2.05) is 6.92 Å². The zero-order valence-electron chi connectivity index (χ0n) is 19.0. The highest BCUT2D eigenvalue weighted by Gasteiger charge is 2.31. The lowest BCUT2D eigenvalue weighted by Gasteiger charge is -2.36. The Hall–Kier alpha value is -3.25. The van der Waals surface area contributed by atoms with Gasteiger partial charge in [0.1, 0.15) is 0 Å². The maximum atomic E-state index is 13.0. The monoisotopic (exact) mass is 478 g/mol. The Bertz CT molecular complexity index is 1290. The molecular formula is C22H25F3N6O3. The normalized spacial score (nSPS) is 16.6. The second kappa shape index (κ2) is 9.18. The lowest BCUT2D eigenvalue weighted by Crippen LogP contribution is -2.47. The van der Waals surface area contributed by atoms with Crippen molar-refractivity contribution in [3.63, 3.8) is 0 Å². The summed E-state index contributed by atoms with van der Waals surface area (Å²) in [5.74, 6) is 0.438. The maximum Gasteiger partial charge on any atom is 0.416 e. The van der Waals surface area contributed by atoms with Crippen molar-refractivity contribution in [3.05, 3.63) is 68.3 Å². The molecule has 0 spiro atoms. The maximum absolute atomic E-state index is 13.0. The zero-order valence-corrected chi connectivity index (χ0v) is 19.0. The number of benzene rings is 1. The van der Waals surface area contributed by atoms with Crippen LogP contribution < -0.4 is 11.2 Å². The predicted molar refractivity (Wildman–Crippen MR) is 117 cm³/mol. The third-order valence-electron chi connectivity index (χ3n) is 6.21. The van der Waals surface area contributed by atoms with Gasteiger partial charge in [-0.15, -0.1) is 0 Å². The molecule has 1 aromatic carbocycles. The van der Waals surface area contributed by atoms with E-state index in [9.17, 15) is 22.8 Å². The van der Waals surface area contributed by atoms with Gasteiger partial charge < -0.3 is 4.52 Å². The number of halogens is 3. The highest BCUT2D eigenvalue weighted by Crippen LogP contribution is 2.32. The van der Waals surface area contributed by atoms with Gasteiger partial charge in [-0.1, -0.05) is 17.3 Å². The van der Waals surface area contributed by atoms with Crippen molar-refractivity contribution in [1.82, 2.24) is 29.1 Å². The second-order valence-corrected chi connectivity index (χ2v) is 8.40. The fourth-order valence-corrected chi connectivity index (χ4v) is 3.98. The number of hydrogen-bond acceptors (Lipinski definition) is 7. The number of alkyl halides is 3. The van der Waals surface area contributed by atoms with E-state index in [1.165, 1.54) is 29.8 Å². The standard InChI is InChI=1S/C22H25F3N6O3/c1-14(20-26-19(27-34-20)15-5-4-6-16(11-15)22(23,24)25)31-9-7-30(8-10-31)13-17-12-18(32)29(3)21(33)28(17)2/h4-6,11-12,14H,7-10,13H2,1-3H3. The van der Waals surface area contributed by atoms with Crippen molar-refractivity contribution >= 4 is 0 Å². The number of aromatic nitrogens is 4. The van der Waals surface area contributed by atoms with Crippen LogP contribution in [0, 0.1) is 0 Å². The summed E-state index contributed by atoms with van der Waals surface area (Å²) in [5, 5.41) is 3.88. The average molecular weight is 478 g/mol. The third kappa shape index (κ3) is 4.82. The van der Waals surface area contributed by atoms with Crippen LogP contribution in [0.4, 0.5) is 13.2 Å². The highest BCUT2D eigenvalue weighted by molar-refractivity contribution is 5.55. The first kappa shape index (κ1) is 23.9. The van der Waals surface area contributed by atoms with Crippen molar-refractivity contribution in [3.8, 4) is 11.4 Å². The van der Waals surface area contributed by atoms with Crippen LogP contribution in [0.3, 0.4) is 0 Å². The van der Waals surface area contributed by atoms with Gasteiger partial charge in [-0.25, -0.2) is 4.79 Å². The quantitative estimate of drug-likeness (QED) is 0.554. The Balaban J connectivity index is 1.40. The molecule has 3 heterocycles. The molecule has 0 saturated carbocycles. The van der Waals surface area contributed by atoms with E-state index in [4.69, 9.17) is 4.52 Å². The van der Waals surface area contributed by atoms with Gasteiger partial charge in [0.2, 0.25) is 11.7 Å². The SMILES string of the molecule is CC(c1nc(-c2cccc(C(F)(F)F)c2)no1)N1CCN(Cc2cc(=O)n(C)c(=O)n2C)CC1. The summed E-state index contributed by atoms with van der Waals surface area (Å²) in [6.07, 6.45) is -4.45. The molecule has 9 nitrogen and oxygen atoms in total. The summed E-state index contributed by atoms with van der Waals surface area (Å²) in [4.78, 5) is 32.7. The van der Waals surface area contributed by atoms with Gasteiger partial charge in [-0.2, -0.15) is 18.2 Å². The molecule has 1 aliphatic heterocycles. The van der Waals surface area contributed by atoms with Crippen LogP contribution in [0.5, 0.6) is 0 Å². The summed E-state index contributed by atoms with van der Waals surface area (Å²) in [6, 6.07) is 6.08. The summed E-state index contributed by atoms with van der Waals surface area (Å²) in [5.41, 5.74) is -0.575. The van der Waals surface area contributed by atoms with Crippen LogP contribution in [0.15, 0.2) is 44.4 Å². The van der Waals surface area contributed by atoms with Crippen molar-refractivity contribution < 1.29 is 17.7 Å². The lowest BCUT2D eigenvalue weighted by atomic mass is 10.1. The van der Waals surface area contributed by atoms with Gasteiger partial charge >= 0.3 is 11.9 Å². The van der Waals surface area contributed by atoms with E-state index < -0.39 is 11.7 Å². The lowest BCUT2D eigenvalue weighted by molar-refractivity contribution is -0.137. The van der Waals surface area contributed by atoms with E-state index in [1.54, 1.807) is 7.05 Å². The first-order chi connectivity index (χ1) is 16.0. The van der Waals surface area contributed by atoms with Crippen LogP contribution in [0.1, 0.15) is 30.1 Å². The number of nitrogens with zero attached hydrogens (tertiary/aromatic N) is 6. The molecule has 0 aliphatic carbocycles. The molecular weight excluding hydrogens is 453 g/mol. The molecule has 3 aromatic rings. The van der Waals surface area contributed by atoms with Crippen molar-refractivity contribution in [2.24, 2.45) is 14.1 Å². The first-order valence-corrected chi connectivity index (χ1v) is 10.8. The van der Waals surface area contributed by atoms with E-state index in [0.717, 1.165) is 16.7 Å². The summed E-state index contributed by atoms with van der Waals surface area (Å²) in [6.45, 7) is 5.14. The second-order valence-electron chi connectivity index (χ2n) is 8.40. The smallest absolute Gasteiger partial charge is 0.337 e. The van der Waals surface area contributed by atoms with Crippen LogP contribution in [-0.2, 0) is 26.8 Å². The average Bonchev–Trinajstić information content (AvgIpc) is 3.31. The summed E-state index contributed by atoms with van der Waals surface area (Å²) >= 11 is 0. The van der Waals surface area contributed by atoms with Gasteiger partial charge in [-0.3, -0.25) is 23.7 Å². The molecule has 1 unspecified atom stereocenters. The molecule has 2 aromatic heterocycles. The van der Waals surface area contributed by atoms with Crippen LogP contribution >= 0.6 is 0 Å². The fraction of sp³-hybridized carbons (Fsp3) is 0.455. The molecule has 0 N–H and O–H groups in total. The van der Waals surface area contributed by atoms with Gasteiger partial charge in [0.05, 0.1) is 11.6 Å². The Morgan fingerprint density at radius 1 is 1.06 bits per heavy atom. The highest BCUT2D eigenvalue weighted by atomic mass is 19.4. The van der Waals surface area contributed by atoms with E-state index in [-0.39, 0.29) is 28.7 Å². The Morgan fingerprint density at radius 3 is 2.44 bits per heavy atom. The molecule has 4 rings (SSSR count). The van der Waals surface area contributed by atoms with Crippen molar-refractivity contribution in [2.45, 2.75) is 25.7 Å². The minimum Gasteiger partial charge on any atom is -0.337 e. The Morgan fingerprint density at radius 2 is 1.76 bits per heavy atom. The topological polar surface area (TPSA) is 89.4 Å². The van der Waals surface area contributed by atoms with E-state index in [0.29, 0.717) is 44.3 Å². The van der Waals surface area contributed by atoms with Gasteiger partial charge in [0.25, 0.3) is 5.56 Å². The van der Waals surface area contributed by atoms with Gasteiger partial charge in [0, 0.05) is 64.1 Å². The molecule has 1 saturated heterocycles. The van der Waals surface area contributed by atoms with Crippen LogP contribution in [0.25, 0.3) is 11.4 Å². The molecule has 182 valence electrons.